The van der Waals surface area contributed by atoms with Crippen molar-refractivity contribution in [1.82, 2.24) is 24.5 Å². The molecule has 0 bridgehead atoms. The van der Waals surface area contributed by atoms with Crippen LogP contribution in [-0.4, -0.2) is 29.6 Å². The minimum atomic E-state index is -1.23. The second-order valence-corrected chi connectivity index (χ2v) is 9.85. The van der Waals surface area contributed by atoms with E-state index in [1.807, 2.05) is 13.8 Å². The molecule has 0 saturated heterocycles. The molecule has 0 aromatic carbocycles. The van der Waals surface area contributed by atoms with Crippen LogP contribution < -0.4 is 10.3 Å². The SMILES string of the molecule is Cc1cnc(COc2cc(C)n(-c3cc(-c4nc(C(C)(C)O)ncc4C)ncc3C)c(=O)c2Cl)c(F)c1. The van der Waals surface area contributed by atoms with E-state index in [9.17, 15) is 14.3 Å². The summed E-state index contributed by atoms with van der Waals surface area (Å²) in [5.74, 6) is -0.0982. The minimum absolute atomic E-state index is 0.115. The lowest BCUT2D eigenvalue weighted by Crippen LogP contribution is -2.23. The number of hydrogen-bond acceptors (Lipinski definition) is 7. The largest absolute Gasteiger partial charge is 0.485 e. The van der Waals surface area contributed by atoms with Gasteiger partial charge in [0.05, 0.1) is 17.1 Å². The van der Waals surface area contributed by atoms with Gasteiger partial charge in [0.2, 0.25) is 0 Å². The van der Waals surface area contributed by atoms with Crippen LogP contribution in [0.25, 0.3) is 17.1 Å². The predicted molar refractivity (Wildman–Crippen MR) is 139 cm³/mol. The van der Waals surface area contributed by atoms with Gasteiger partial charge in [-0.15, -0.1) is 0 Å². The Kier molecular flexibility index (Phi) is 7.12. The van der Waals surface area contributed by atoms with Crippen molar-refractivity contribution in [2.45, 2.75) is 53.8 Å². The zero-order chi connectivity index (χ0) is 27.1. The van der Waals surface area contributed by atoms with E-state index in [4.69, 9.17) is 16.3 Å². The van der Waals surface area contributed by atoms with Gasteiger partial charge in [-0.25, -0.2) is 14.4 Å². The number of ether oxygens (including phenoxy) is 1. The molecule has 0 fully saturated rings. The standard InChI is InChI=1S/C27H27ClFN5O3/c1-14-7-18(29)20(30-10-14)13-37-22-8-17(4)34(25(35)23(22)28)21-9-19(31-11-15(21)2)24-16(3)12-32-26(33-24)27(5,6)36/h7-12,36H,13H2,1-6H3. The summed E-state index contributed by atoms with van der Waals surface area (Å²) < 4.78 is 21.3. The molecule has 0 atom stereocenters. The van der Waals surface area contributed by atoms with E-state index in [1.165, 1.54) is 10.6 Å². The summed E-state index contributed by atoms with van der Waals surface area (Å²) in [6, 6.07) is 4.73. The molecule has 4 heterocycles. The molecule has 1 N–H and O–H groups in total. The van der Waals surface area contributed by atoms with Gasteiger partial charge in [0, 0.05) is 30.4 Å². The Morgan fingerprint density at radius 2 is 1.73 bits per heavy atom. The van der Waals surface area contributed by atoms with Crippen LogP contribution in [0.3, 0.4) is 0 Å². The van der Waals surface area contributed by atoms with Crippen LogP contribution in [0.15, 0.2) is 41.6 Å². The maximum atomic E-state index is 14.2. The summed E-state index contributed by atoms with van der Waals surface area (Å²) in [6.07, 6.45) is 4.81. The van der Waals surface area contributed by atoms with Crippen LogP contribution in [-0.2, 0) is 12.2 Å². The fourth-order valence-corrected chi connectivity index (χ4v) is 3.97. The second-order valence-electron chi connectivity index (χ2n) is 9.47. The van der Waals surface area contributed by atoms with E-state index in [-0.39, 0.29) is 28.9 Å². The molecule has 37 heavy (non-hydrogen) atoms. The first kappa shape index (κ1) is 26.4. The maximum Gasteiger partial charge on any atom is 0.277 e. The first-order valence-corrected chi connectivity index (χ1v) is 11.9. The summed E-state index contributed by atoms with van der Waals surface area (Å²) in [7, 11) is 0. The lowest BCUT2D eigenvalue weighted by molar-refractivity contribution is 0.0688. The van der Waals surface area contributed by atoms with E-state index in [0.29, 0.717) is 28.3 Å². The van der Waals surface area contributed by atoms with Gasteiger partial charge in [-0.3, -0.25) is 19.3 Å². The van der Waals surface area contributed by atoms with Crippen molar-refractivity contribution < 1.29 is 14.2 Å². The summed E-state index contributed by atoms with van der Waals surface area (Å²) in [4.78, 5) is 30.7. The Bertz CT molecular complexity index is 1560. The molecule has 192 valence electrons. The van der Waals surface area contributed by atoms with Crippen molar-refractivity contribution in [3.8, 4) is 22.8 Å². The fraction of sp³-hybridized carbons (Fsp3) is 0.296. The molecule has 0 unspecified atom stereocenters. The number of aromatic nitrogens is 5. The zero-order valence-electron chi connectivity index (χ0n) is 21.4. The Labute approximate surface area is 218 Å². The van der Waals surface area contributed by atoms with Gasteiger partial charge in [-0.2, -0.15) is 0 Å². The van der Waals surface area contributed by atoms with Crippen molar-refractivity contribution in [2.24, 2.45) is 0 Å². The summed E-state index contributed by atoms with van der Waals surface area (Å²) in [5.41, 5.74) is 2.75. The molecule has 4 aromatic rings. The average molecular weight is 524 g/mol. The van der Waals surface area contributed by atoms with Crippen LogP contribution in [0.1, 0.15) is 47.8 Å². The highest BCUT2D eigenvalue weighted by atomic mass is 35.5. The van der Waals surface area contributed by atoms with Crippen molar-refractivity contribution in [2.75, 3.05) is 0 Å². The van der Waals surface area contributed by atoms with E-state index < -0.39 is 17.0 Å². The maximum absolute atomic E-state index is 14.2. The fourth-order valence-electron chi connectivity index (χ4n) is 3.78. The second kappa shape index (κ2) is 9.99. The number of rotatable bonds is 6. The van der Waals surface area contributed by atoms with Gasteiger partial charge in [0.25, 0.3) is 5.56 Å². The molecule has 0 spiro atoms. The number of aliphatic hydroxyl groups is 1. The third-order valence-corrected chi connectivity index (χ3v) is 6.14. The summed E-state index contributed by atoms with van der Waals surface area (Å²) in [6.45, 7) is 10.2. The first-order valence-electron chi connectivity index (χ1n) is 11.6. The predicted octanol–water partition coefficient (Wildman–Crippen LogP) is 4.92. The summed E-state index contributed by atoms with van der Waals surface area (Å²) in [5, 5.41) is 10.2. The average Bonchev–Trinajstić information content (AvgIpc) is 2.82. The van der Waals surface area contributed by atoms with Crippen LogP contribution in [0.2, 0.25) is 5.02 Å². The normalized spacial score (nSPS) is 11.6. The van der Waals surface area contributed by atoms with Crippen LogP contribution in [0.5, 0.6) is 5.75 Å². The molecule has 0 aliphatic carbocycles. The molecule has 0 aliphatic heterocycles. The number of hydrogen-bond donors (Lipinski definition) is 1. The van der Waals surface area contributed by atoms with Gasteiger partial charge >= 0.3 is 0 Å². The lowest BCUT2D eigenvalue weighted by atomic mass is 10.1. The molecular formula is C27H27ClFN5O3. The molecule has 0 amide bonds. The van der Waals surface area contributed by atoms with Gasteiger partial charge in [0.1, 0.15) is 34.5 Å². The van der Waals surface area contributed by atoms with Crippen molar-refractivity contribution in [3.63, 3.8) is 0 Å². The molecule has 0 aliphatic rings. The third kappa shape index (κ3) is 5.38. The Morgan fingerprint density at radius 1 is 1.03 bits per heavy atom. The Morgan fingerprint density at radius 3 is 2.41 bits per heavy atom. The molecule has 0 radical (unpaired) electrons. The van der Waals surface area contributed by atoms with E-state index >= 15 is 0 Å². The molecular weight excluding hydrogens is 497 g/mol. The number of halogens is 2. The molecule has 0 saturated carbocycles. The van der Waals surface area contributed by atoms with Gasteiger partial charge in [0.15, 0.2) is 5.82 Å². The number of pyridine rings is 3. The van der Waals surface area contributed by atoms with Crippen LogP contribution in [0, 0.1) is 33.5 Å². The summed E-state index contributed by atoms with van der Waals surface area (Å²) >= 11 is 6.42. The van der Waals surface area contributed by atoms with Crippen molar-refractivity contribution in [1.29, 1.82) is 0 Å². The first-order chi connectivity index (χ1) is 17.4. The third-order valence-electron chi connectivity index (χ3n) is 5.80. The molecule has 4 rings (SSSR count). The van der Waals surface area contributed by atoms with Gasteiger partial charge < -0.3 is 9.84 Å². The minimum Gasteiger partial charge on any atom is -0.485 e. The van der Waals surface area contributed by atoms with Crippen molar-refractivity contribution >= 4 is 11.6 Å². The van der Waals surface area contributed by atoms with E-state index in [0.717, 1.165) is 11.1 Å². The smallest absolute Gasteiger partial charge is 0.277 e. The molecule has 10 heteroatoms. The van der Waals surface area contributed by atoms with E-state index in [1.54, 1.807) is 58.4 Å². The van der Waals surface area contributed by atoms with E-state index in [2.05, 4.69) is 19.9 Å². The highest BCUT2D eigenvalue weighted by Crippen LogP contribution is 2.28. The quantitative estimate of drug-likeness (QED) is 0.382. The van der Waals surface area contributed by atoms with Crippen LogP contribution in [0.4, 0.5) is 4.39 Å². The van der Waals surface area contributed by atoms with Gasteiger partial charge in [-0.1, -0.05) is 11.6 Å². The zero-order valence-corrected chi connectivity index (χ0v) is 22.2. The molecule has 8 nitrogen and oxygen atoms in total. The number of aryl methyl sites for hydroxylation is 4. The lowest BCUT2D eigenvalue weighted by Gasteiger charge is -2.18. The Hall–Kier alpha value is -3.69. The van der Waals surface area contributed by atoms with Crippen molar-refractivity contribution in [3.05, 3.63) is 91.9 Å². The topological polar surface area (TPSA) is 103 Å². The van der Waals surface area contributed by atoms with Crippen LogP contribution >= 0.6 is 11.6 Å². The monoisotopic (exact) mass is 523 g/mol. The number of nitrogens with zero attached hydrogens (tertiary/aromatic N) is 5. The highest BCUT2D eigenvalue weighted by molar-refractivity contribution is 6.31. The highest BCUT2D eigenvalue weighted by Gasteiger charge is 2.22. The molecule has 4 aromatic heterocycles. The Balaban J connectivity index is 1.75. The van der Waals surface area contributed by atoms with Gasteiger partial charge in [-0.05, 0) is 70.4 Å².